The van der Waals surface area contributed by atoms with Crippen molar-refractivity contribution >= 4 is 65.4 Å². The Morgan fingerprint density at radius 3 is 1.66 bits per heavy atom. The second-order valence-electron chi connectivity index (χ2n) is 14.7. The molecule has 270 valence electrons. The third kappa shape index (κ3) is 5.21. The average molecular weight is 742 g/mol. The second kappa shape index (κ2) is 12.8. The van der Waals surface area contributed by atoms with Gasteiger partial charge in [0.05, 0.1) is 0 Å². The molecule has 3 aromatic heterocycles. The van der Waals surface area contributed by atoms with Crippen LogP contribution in [0.1, 0.15) is 0 Å². The highest BCUT2D eigenvalue weighted by atomic mass is 16.3. The number of hydrogen-bond acceptors (Lipinski definition) is 5. The largest absolute Gasteiger partial charge is 0.456 e. The summed E-state index contributed by atoms with van der Waals surface area (Å²) >= 11 is 0. The number of nitrogens with zero attached hydrogens (tertiary/aromatic N) is 3. The number of aromatic nitrogens is 3. The molecule has 0 saturated heterocycles. The van der Waals surface area contributed by atoms with Gasteiger partial charge in [-0.2, -0.15) is 0 Å². The van der Waals surface area contributed by atoms with Crippen molar-refractivity contribution < 1.29 is 8.83 Å². The lowest BCUT2D eigenvalue weighted by Crippen LogP contribution is -2.01. The Bertz CT molecular complexity index is 3570. The Balaban J connectivity index is 1.09. The zero-order valence-corrected chi connectivity index (χ0v) is 31.1. The summed E-state index contributed by atoms with van der Waals surface area (Å²) in [5, 5.41) is 8.51. The molecule has 0 N–H and O–H groups in total. The summed E-state index contributed by atoms with van der Waals surface area (Å²) in [4.78, 5) is 15.9. The number of para-hydroxylation sites is 1. The zero-order chi connectivity index (χ0) is 38.2. The molecule has 0 radical (unpaired) electrons. The normalized spacial score (nSPS) is 11.8. The summed E-state index contributed by atoms with van der Waals surface area (Å²) in [6, 6.07) is 65.1. The Kier molecular flexibility index (Phi) is 7.16. The van der Waals surface area contributed by atoms with Crippen LogP contribution in [0.4, 0.5) is 0 Å². The molecule has 0 aliphatic rings. The first kappa shape index (κ1) is 32.4. The number of benzene rings is 9. The lowest BCUT2D eigenvalue weighted by atomic mass is 9.98. The van der Waals surface area contributed by atoms with Crippen LogP contribution < -0.4 is 0 Å². The fourth-order valence-electron chi connectivity index (χ4n) is 8.54. The van der Waals surface area contributed by atoms with E-state index in [1.807, 2.05) is 36.4 Å². The van der Waals surface area contributed by atoms with Crippen LogP contribution in [0.2, 0.25) is 0 Å². The van der Waals surface area contributed by atoms with Crippen LogP contribution in [0.15, 0.2) is 197 Å². The maximum atomic E-state index is 6.55. The van der Waals surface area contributed by atoms with Crippen LogP contribution in [0.3, 0.4) is 0 Å². The molecule has 0 unspecified atom stereocenters. The van der Waals surface area contributed by atoms with Crippen molar-refractivity contribution in [2.45, 2.75) is 0 Å². The minimum absolute atomic E-state index is 0.574. The molecule has 12 aromatic rings. The molecule has 0 bridgehead atoms. The van der Waals surface area contributed by atoms with E-state index in [2.05, 4.69) is 152 Å². The summed E-state index contributed by atoms with van der Waals surface area (Å²) in [7, 11) is 0. The molecule has 5 heteroatoms. The lowest BCUT2D eigenvalue weighted by molar-refractivity contribution is 0.669. The molecule has 0 fully saturated rings. The van der Waals surface area contributed by atoms with Crippen LogP contribution in [0.25, 0.3) is 122 Å². The van der Waals surface area contributed by atoms with Crippen molar-refractivity contribution in [3.05, 3.63) is 188 Å². The predicted octanol–water partition coefficient (Wildman–Crippen LogP) is 14.3. The Hall–Kier alpha value is -7.89. The van der Waals surface area contributed by atoms with Crippen LogP contribution in [-0.2, 0) is 0 Å². The van der Waals surface area contributed by atoms with E-state index in [1.165, 1.54) is 5.56 Å². The average Bonchev–Trinajstić information content (AvgIpc) is 3.87. The molecule has 0 aliphatic carbocycles. The van der Waals surface area contributed by atoms with E-state index in [9.17, 15) is 0 Å². The van der Waals surface area contributed by atoms with Crippen LogP contribution in [0.5, 0.6) is 0 Å². The van der Waals surface area contributed by atoms with Crippen LogP contribution in [-0.4, -0.2) is 15.0 Å². The molecule has 0 aliphatic heterocycles. The predicted molar refractivity (Wildman–Crippen MR) is 237 cm³/mol. The van der Waals surface area contributed by atoms with Crippen molar-refractivity contribution in [1.82, 2.24) is 15.0 Å². The summed E-state index contributed by atoms with van der Waals surface area (Å²) in [5.74, 6) is 1.76. The molecule has 0 amide bonds. The van der Waals surface area contributed by atoms with Gasteiger partial charge in [-0.15, -0.1) is 0 Å². The lowest BCUT2D eigenvalue weighted by Gasteiger charge is -2.12. The number of furan rings is 2. The van der Waals surface area contributed by atoms with Gasteiger partial charge in [-0.3, -0.25) is 0 Å². The quantitative estimate of drug-likeness (QED) is 0.176. The highest BCUT2D eigenvalue weighted by molar-refractivity contribution is 6.21. The minimum atomic E-state index is 0.574. The van der Waals surface area contributed by atoms with Crippen molar-refractivity contribution in [3.8, 4) is 56.4 Å². The van der Waals surface area contributed by atoms with E-state index >= 15 is 0 Å². The molecule has 0 atom stereocenters. The van der Waals surface area contributed by atoms with Crippen LogP contribution >= 0.6 is 0 Å². The smallest absolute Gasteiger partial charge is 0.164 e. The van der Waals surface area contributed by atoms with Gasteiger partial charge in [0.2, 0.25) is 0 Å². The number of hydrogen-bond donors (Lipinski definition) is 0. The monoisotopic (exact) mass is 741 g/mol. The third-order valence-corrected chi connectivity index (χ3v) is 11.3. The first-order valence-corrected chi connectivity index (χ1v) is 19.4. The Morgan fingerprint density at radius 2 is 0.828 bits per heavy atom. The van der Waals surface area contributed by atoms with Crippen molar-refractivity contribution in [2.75, 3.05) is 0 Å². The molecular formula is C53H31N3O2. The Labute approximate surface area is 332 Å². The van der Waals surface area contributed by atoms with Crippen molar-refractivity contribution in [1.29, 1.82) is 0 Å². The SMILES string of the molecule is c1ccc(-c2ccc3ccc(-c4nc(-c5cccc6c5ccc5oc7ccccc7c56)nc(-c5cccc6oc7cc(-c8ccccc8)ccc7c56)n4)cc3c2)cc1. The summed E-state index contributed by atoms with van der Waals surface area (Å²) in [6.07, 6.45) is 0. The molecule has 5 nitrogen and oxygen atoms in total. The maximum Gasteiger partial charge on any atom is 0.164 e. The van der Waals surface area contributed by atoms with E-state index in [-0.39, 0.29) is 0 Å². The summed E-state index contributed by atoms with van der Waals surface area (Å²) < 4.78 is 12.8. The molecule has 0 saturated carbocycles. The minimum Gasteiger partial charge on any atom is -0.456 e. The van der Waals surface area contributed by atoms with Gasteiger partial charge in [-0.25, -0.2) is 15.0 Å². The van der Waals surface area contributed by atoms with E-state index in [0.717, 1.165) is 98.8 Å². The maximum absolute atomic E-state index is 6.55. The zero-order valence-electron chi connectivity index (χ0n) is 31.1. The highest BCUT2D eigenvalue weighted by Gasteiger charge is 2.20. The van der Waals surface area contributed by atoms with Crippen molar-refractivity contribution in [2.24, 2.45) is 0 Å². The Morgan fingerprint density at radius 1 is 0.276 bits per heavy atom. The van der Waals surface area contributed by atoms with E-state index in [0.29, 0.717) is 17.5 Å². The van der Waals surface area contributed by atoms with Gasteiger partial charge < -0.3 is 8.83 Å². The van der Waals surface area contributed by atoms with Gasteiger partial charge in [-0.1, -0.05) is 140 Å². The molecule has 58 heavy (non-hydrogen) atoms. The topological polar surface area (TPSA) is 65.0 Å². The van der Waals surface area contributed by atoms with Crippen LogP contribution in [0, 0.1) is 0 Å². The third-order valence-electron chi connectivity index (χ3n) is 11.3. The van der Waals surface area contributed by atoms with Gasteiger partial charge in [0.25, 0.3) is 0 Å². The summed E-state index contributed by atoms with van der Waals surface area (Å²) in [5.41, 5.74) is 10.6. The molecule has 0 spiro atoms. The standard InChI is InChI=1S/C53H31N3O2/c1-3-11-32(12-4-1)35-23-21-34-22-24-37(30-38(34)29-35)51-54-52(41-17-9-16-40-39(41)27-28-47-49(40)42-15-7-8-19-45(42)57-47)56-53(55-51)44-18-10-20-46-50(44)43-26-25-36(31-48(43)58-46)33-13-5-2-6-14-33/h1-31H. The number of rotatable bonds is 5. The summed E-state index contributed by atoms with van der Waals surface area (Å²) in [6.45, 7) is 0. The molecule has 9 aromatic carbocycles. The van der Waals surface area contributed by atoms with Crippen molar-refractivity contribution in [3.63, 3.8) is 0 Å². The molecular weight excluding hydrogens is 711 g/mol. The molecule has 12 rings (SSSR count). The fraction of sp³-hybridized carbons (Fsp3) is 0. The van der Waals surface area contributed by atoms with Gasteiger partial charge >= 0.3 is 0 Å². The van der Waals surface area contributed by atoms with Gasteiger partial charge in [0, 0.05) is 38.2 Å². The first-order valence-electron chi connectivity index (χ1n) is 19.4. The first-order chi connectivity index (χ1) is 28.7. The van der Waals surface area contributed by atoms with E-state index < -0.39 is 0 Å². The van der Waals surface area contributed by atoms with Gasteiger partial charge in [0.15, 0.2) is 17.5 Å². The second-order valence-corrected chi connectivity index (χ2v) is 14.7. The van der Waals surface area contributed by atoms with E-state index in [4.69, 9.17) is 23.8 Å². The van der Waals surface area contributed by atoms with E-state index in [1.54, 1.807) is 0 Å². The van der Waals surface area contributed by atoms with Gasteiger partial charge in [0.1, 0.15) is 22.3 Å². The molecule has 3 heterocycles. The van der Waals surface area contributed by atoms with Gasteiger partial charge in [-0.05, 0) is 92.3 Å². The fourth-order valence-corrected chi connectivity index (χ4v) is 8.54. The number of fused-ring (bicyclic) bond motifs is 9. The highest BCUT2D eigenvalue weighted by Crippen LogP contribution is 2.41.